The van der Waals surface area contributed by atoms with Crippen LogP contribution in [0, 0.1) is 0 Å². The highest BCUT2D eigenvalue weighted by Crippen LogP contribution is 2.36. The van der Waals surface area contributed by atoms with Gasteiger partial charge in [0.05, 0.1) is 15.8 Å². The van der Waals surface area contributed by atoms with Crippen LogP contribution in [0.25, 0.3) is 10.2 Å². The van der Waals surface area contributed by atoms with Crippen LogP contribution in [0.5, 0.6) is 0 Å². The van der Waals surface area contributed by atoms with Gasteiger partial charge in [-0.05, 0) is 37.3 Å². The molecular formula is C14H15F3N2S2. The molecule has 0 aliphatic heterocycles. The van der Waals surface area contributed by atoms with Gasteiger partial charge in [-0.3, -0.25) is 0 Å². The Morgan fingerprint density at radius 1 is 1.33 bits per heavy atom. The summed E-state index contributed by atoms with van der Waals surface area (Å²) in [5.74, 6) is 0. The number of hydrogen-bond donors (Lipinski definition) is 1. The van der Waals surface area contributed by atoms with E-state index in [0.717, 1.165) is 28.4 Å². The van der Waals surface area contributed by atoms with Crippen molar-refractivity contribution in [3.63, 3.8) is 0 Å². The van der Waals surface area contributed by atoms with Gasteiger partial charge in [-0.15, -0.1) is 0 Å². The summed E-state index contributed by atoms with van der Waals surface area (Å²) in [6.07, 6.45) is 1.24. The second-order valence-corrected chi connectivity index (χ2v) is 7.26. The third-order valence-corrected chi connectivity index (χ3v) is 5.92. The van der Waals surface area contributed by atoms with E-state index in [1.165, 1.54) is 30.2 Å². The Bertz CT molecular complexity index is 639. The first-order valence-electron chi connectivity index (χ1n) is 6.74. The first-order chi connectivity index (χ1) is 9.97. The smallest absolute Gasteiger partial charge is 0.358 e. The number of nitrogens with zero attached hydrogens (tertiary/aromatic N) is 1. The van der Waals surface area contributed by atoms with Crippen LogP contribution in [0.1, 0.15) is 24.8 Å². The molecule has 0 saturated heterocycles. The second kappa shape index (κ2) is 5.68. The molecule has 1 aromatic carbocycles. The van der Waals surface area contributed by atoms with E-state index >= 15 is 0 Å². The van der Waals surface area contributed by atoms with Gasteiger partial charge in [0.1, 0.15) is 0 Å². The summed E-state index contributed by atoms with van der Waals surface area (Å²) in [7, 11) is 0. The molecule has 1 aromatic heterocycles. The first kappa shape index (κ1) is 15.0. The molecule has 1 saturated carbocycles. The molecule has 2 unspecified atom stereocenters. The number of fused-ring (bicyclic) bond motifs is 1. The molecular weight excluding hydrogens is 317 g/mol. The molecule has 2 aromatic rings. The largest absolute Gasteiger partial charge is 0.416 e. The first-order valence-corrected chi connectivity index (χ1v) is 8.85. The summed E-state index contributed by atoms with van der Waals surface area (Å²) < 4.78 is 38.9. The molecule has 2 nitrogen and oxygen atoms in total. The SMILES string of the molecule is CSC1CCCC1Nc1nc2cc(C(F)(F)F)ccc2s1. The maximum Gasteiger partial charge on any atom is 0.416 e. The molecule has 1 aliphatic rings. The molecule has 1 N–H and O–H groups in total. The van der Waals surface area contributed by atoms with Gasteiger partial charge in [-0.1, -0.05) is 17.8 Å². The predicted octanol–water partition coefficient (Wildman–Crippen LogP) is 5.01. The summed E-state index contributed by atoms with van der Waals surface area (Å²) in [4.78, 5) is 4.32. The number of hydrogen-bond acceptors (Lipinski definition) is 4. The summed E-state index contributed by atoms with van der Waals surface area (Å²) >= 11 is 3.26. The van der Waals surface area contributed by atoms with Crippen molar-refractivity contribution in [2.45, 2.75) is 36.7 Å². The Morgan fingerprint density at radius 3 is 2.86 bits per heavy atom. The number of alkyl halides is 3. The lowest BCUT2D eigenvalue weighted by atomic mass is 10.2. The molecule has 1 aliphatic carbocycles. The molecule has 21 heavy (non-hydrogen) atoms. The highest BCUT2D eigenvalue weighted by molar-refractivity contribution is 7.99. The Morgan fingerprint density at radius 2 is 2.14 bits per heavy atom. The zero-order chi connectivity index (χ0) is 15.0. The lowest BCUT2D eigenvalue weighted by Gasteiger charge is -2.18. The van der Waals surface area contributed by atoms with Crippen molar-refractivity contribution in [2.75, 3.05) is 11.6 Å². The molecule has 0 amide bonds. The highest BCUT2D eigenvalue weighted by Gasteiger charge is 2.31. The van der Waals surface area contributed by atoms with E-state index in [1.54, 1.807) is 0 Å². The molecule has 0 radical (unpaired) electrons. The average Bonchev–Trinajstić information content (AvgIpc) is 3.02. The number of anilines is 1. The molecule has 1 heterocycles. The number of halogens is 3. The monoisotopic (exact) mass is 332 g/mol. The van der Waals surface area contributed by atoms with Crippen molar-refractivity contribution < 1.29 is 13.2 Å². The van der Waals surface area contributed by atoms with E-state index in [4.69, 9.17) is 0 Å². The normalized spacial score (nSPS) is 22.9. The fraction of sp³-hybridized carbons (Fsp3) is 0.500. The van der Waals surface area contributed by atoms with Crippen molar-refractivity contribution in [1.82, 2.24) is 4.98 Å². The van der Waals surface area contributed by atoms with Crippen LogP contribution in [0.15, 0.2) is 18.2 Å². The molecule has 0 spiro atoms. The van der Waals surface area contributed by atoms with Crippen LogP contribution in [0.3, 0.4) is 0 Å². The third kappa shape index (κ3) is 3.13. The standard InChI is InChI=1S/C14H15F3N2S2/c1-20-11-4-2-3-9(11)18-13-19-10-7-8(14(15,16)17)5-6-12(10)21-13/h5-7,9,11H,2-4H2,1H3,(H,18,19). The van der Waals surface area contributed by atoms with Gasteiger partial charge in [0.15, 0.2) is 5.13 Å². The average molecular weight is 332 g/mol. The Labute approximate surface area is 129 Å². The fourth-order valence-corrected chi connectivity index (χ4v) is 4.54. The molecule has 2 atom stereocenters. The van der Waals surface area contributed by atoms with Crippen molar-refractivity contribution in [2.24, 2.45) is 0 Å². The fourth-order valence-electron chi connectivity index (χ4n) is 2.70. The number of nitrogens with one attached hydrogen (secondary N) is 1. The van der Waals surface area contributed by atoms with E-state index in [0.29, 0.717) is 16.8 Å². The summed E-state index contributed by atoms with van der Waals surface area (Å²) in [6.45, 7) is 0. The number of rotatable bonds is 3. The predicted molar refractivity (Wildman–Crippen MR) is 83.2 cm³/mol. The van der Waals surface area contributed by atoms with Gasteiger partial charge < -0.3 is 5.32 Å². The summed E-state index contributed by atoms with van der Waals surface area (Å²) in [5.41, 5.74) is -0.231. The van der Waals surface area contributed by atoms with Crippen molar-refractivity contribution in [1.29, 1.82) is 0 Å². The van der Waals surface area contributed by atoms with Crippen molar-refractivity contribution in [3.05, 3.63) is 23.8 Å². The van der Waals surface area contributed by atoms with Gasteiger partial charge in [0.25, 0.3) is 0 Å². The number of thioether (sulfide) groups is 1. The number of benzene rings is 1. The second-order valence-electron chi connectivity index (χ2n) is 5.16. The van der Waals surface area contributed by atoms with Crippen molar-refractivity contribution in [3.8, 4) is 0 Å². The molecule has 7 heteroatoms. The molecule has 1 fully saturated rings. The summed E-state index contributed by atoms with van der Waals surface area (Å²) in [6, 6.07) is 4.10. The topological polar surface area (TPSA) is 24.9 Å². The van der Waals surface area contributed by atoms with E-state index in [-0.39, 0.29) is 0 Å². The van der Waals surface area contributed by atoms with Gasteiger partial charge in [-0.2, -0.15) is 24.9 Å². The minimum absolute atomic E-state index is 0.364. The lowest BCUT2D eigenvalue weighted by molar-refractivity contribution is -0.137. The van der Waals surface area contributed by atoms with Crippen LogP contribution in [0.4, 0.5) is 18.3 Å². The highest BCUT2D eigenvalue weighted by atomic mass is 32.2. The van der Waals surface area contributed by atoms with E-state index in [9.17, 15) is 13.2 Å². The lowest BCUT2D eigenvalue weighted by Crippen LogP contribution is -2.25. The van der Waals surface area contributed by atoms with Gasteiger partial charge in [0, 0.05) is 11.3 Å². The quantitative estimate of drug-likeness (QED) is 0.855. The van der Waals surface area contributed by atoms with Crippen LogP contribution >= 0.6 is 23.1 Å². The van der Waals surface area contributed by atoms with E-state index in [1.807, 2.05) is 11.8 Å². The van der Waals surface area contributed by atoms with Crippen LogP contribution in [-0.2, 0) is 6.18 Å². The Kier molecular flexibility index (Phi) is 4.05. The van der Waals surface area contributed by atoms with Crippen LogP contribution < -0.4 is 5.32 Å². The van der Waals surface area contributed by atoms with Gasteiger partial charge >= 0.3 is 6.18 Å². The Hall–Kier alpha value is -0.950. The number of aromatic nitrogens is 1. The molecule has 3 rings (SSSR count). The minimum atomic E-state index is -4.32. The summed E-state index contributed by atoms with van der Waals surface area (Å²) in [5, 5.41) is 4.67. The minimum Gasteiger partial charge on any atom is -0.358 e. The number of thiazole rings is 1. The molecule has 0 bridgehead atoms. The van der Waals surface area contributed by atoms with E-state index in [2.05, 4.69) is 16.6 Å². The van der Waals surface area contributed by atoms with Gasteiger partial charge in [-0.25, -0.2) is 4.98 Å². The molecule has 114 valence electrons. The van der Waals surface area contributed by atoms with E-state index < -0.39 is 11.7 Å². The Balaban J connectivity index is 1.84. The maximum atomic E-state index is 12.7. The maximum absolute atomic E-state index is 12.7. The van der Waals surface area contributed by atoms with Crippen molar-refractivity contribution >= 4 is 38.4 Å². The zero-order valence-electron chi connectivity index (χ0n) is 11.4. The zero-order valence-corrected chi connectivity index (χ0v) is 13.0. The van der Waals surface area contributed by atoms with Crippen LogP contribution in [-0.4, -0.2) is 22.5 Å². The van der Waals surface area contributed by atoms with Crippen LogP contribution in [0.2, 0.25) is 0 Å². The van der Waals surface area contributed by atoms with Gasteiger partial charge in [0.2, 0.25) is 0 Å². The third-order valence-electron chi connectivity index (χ3n) is 3.78.